The Labute approximate surface area is 157 Å². The Morgan fingerprint density at radius 3 is 2.84 bits per heavy atom. The van der Waals surface area contributed by atoms with E-state index in [0.29, 0.717) is 32.7 Å². The van der Waals surface area contributed by atoms with Crippen LogP contribution in [0.2, 0.25) is 10.0 Å². The predicted octanol–water partition coefficient (Wildman–Crippen LogP) is 4.67. The van der Waals surface area contributed by atoms with Crippen molar-refractivity contribution in [1.29, 1.82) is 0 Å². The second-order valence-corrected chi connectivity index (χ2v) is 6.94. The number of hydrogen-bond donors (Lipinski definition) is 0. The van der Waals surface area contributed by atoms with E-state index in [1.54, 1.807) is 28.8 Å². The first-order valence-corrected chi connectivity index (χ1v) is 9.00. The summed E-state index contributed by atoms with van der Waals surface area (Å²) in [6.07, 6.45) is 0. The zero-order valence-electron chi connectivity index (χ0n) is 13.1. The molecule has 0 aliphatic heterocycles. The molecule has 0 saturated carbocycles. The maximum Gasteiger partial charge on any atom is 0.286 e. The highest BCUT2D eigenvalue weighted by Gasteiger charge is 2.11. The molecule has 0 bridgehead atoms. The Balaban J connectivity index is 1.86. The quantitative estimate of drug-likeness (QED) is 0.640. The summed E-state index contributed by atoms with van der Waals surface area (Å²) in [5.41, 5.74) is 0.447. The summed E-state index contributed by atoms with van der Waals surface area (Å²) in [7, 11) is 0. The topological polar surface area (TPSA) is 43.6 Å². The zero-order valence-corrected chi connectivity index (χ0v) is 15.5. The van der Waals surface area contributed by atoms with Gasteiger partial charge in [-0.15, -0.1) is 0 Å². The first-order valence-electron chi connectivity index (χ1n) is 7.43. The van der Waals surface area contributed by atoms with Crippen LogP contribution in [-0.2, 0) is 11.3 Å². The number of thiazole rings is 1. The Kier molecular flexibility index (Phi) is 5.42. The average Bonchev–Trinajstić information content (AvgIpc) is 2.92. The van der Waals surface area contributed by atoms with Crippen molar-refractivity contribution in [3.05, 3.63) is 57.1 Å². The van der Waals surface area contributed by atoms with Gasteiger partial charge in [-0.3, -0.25) is 4.79 Å². The first-order chi connectivity index (χ1) is 12.0. The number of para-hydroxylation sites is 1. The van der Waals surface area contributed by atoms with Crippen LogP contribution in [-0.4, -0.2) is 17.1 Å². The SMILES string of the molecule is CCn1c(=NC(=O)COc2ccc(Cl)cc2Cl)sc2cccc(F)c21. The molecule has 3 rings (SSSR count). The highest BCUT2D eigenvalue weighted by molar-refractivity contribution is 7.16. The fraction of sp³-hybridized carbons (Fsp3) is 0.176. The summed E-state index contributed by atoms with van der Waals surface area (Å²) in [4.78, 5) is 16.6. The molecular formula is C17H13Cl2FN2O2S. The van der Waals surface area contributed by atoms with Crippen LogP contribution in [0.25, 0.3) is 10.2 Å². The van der Waals surface area contributed by atoms with Crippen molar-refractivity contribution in [2.75, 3.05) is 6.61 Å². The third-order valence-corrected chi connectivity index (χ3v) is 5.01. The molecule has 0 fully saturated rings. The first kappa shape index (κ1) is 17.9. The minimum Gasteiger partial charge on any atom is -0.482 e. The predicted molar refractivity (Wildman–Crippen MR) is 98.0 cm³/mol. The lowest BCUT2D eigenvalue weighted by atomic mass is 10.3. The average molecular weight is 399 g/mol. The number of amides is 1. The molecular weight excluding hydrogens is 386 g/mol. The highest BCUT2D eigenvalue weighted by atomic mass is 35.5. The van der Waals surface area contributed by atoms with Crippen molar-refractivity contribution < 1.29 is 13.9 Å². The van der Waals surface area contributed by atoms with Crippen molar-refractivity contribution in [2.45, 2.75) is 13.5 Å². The molecule has 0 radical (unpaired) electrons. The number of hydrogen-bond acceptors (Lipinski definition) is 3. The van der Waals surface area contributed by atoms with Crippen LogP contribution in [0, 0.1) is 5.82 Å². The van der Waals surface area contributed by atoms with Gasteiger partial charge in [-0.05, 0) is 37.3 Å². The molecule has 0 aliphatic rings. The van der Waals surface area contributed by atoms with E-state index in [2.05, 4.69) is 4.99 Å². The lowest BCUT2D eigenvalue weighted by molar-refractivity contribution is -0.120. The van der Waals surface area contributed by atoms with Gasteiger partial charge in [0.25, 0.3) is 5.91 Å². The van der Waals surface area contributed by atoms with Crippen LogP contribution in [0.3, 0.4) is 0 Å². The van der Waals surface area contributed by atoms with Crippen molar-refractivity contribution >= 4 is 50.7 Å². The van der Waals surface area contributed by atoms with Gasteiger partial charge in [0.05, 0.1) is 15.2 Å². The molecule has 4 nitrogen and oxygen atoms in total. The van der Waals surface area contributed by atoms with Gasteiger partial charge in [0.2, 0.25) is 0 Å². The lowest BCUT2D eigenvalue weighted by Crippen LogP contribution is -2.19. The third kappa shape index (κ3) is 3.86. The van der Waals surface area contributed by atoms with Crippen LogP contribution in [0.15, 0.2) is 41.4 Å². The number of carbonyl (C=O) groups is 1. The van der Waals surface area contributed by atoms with E-state index < -0.39 is 5.91 Å². The smallest absolute Gasteiger partial charge is 0.286 e. The van der Waals surface area contributed by atoms with Gasteiger partial charge in [0, 0.05) is 11.6 Å². The normalized spacial score (nSPS) is 11.9. The van der Waals surface area contributed by atoms with Crippen molar-refractivity contribution in [1.82, 2.24) is 4.57 Å². The van der Waals surface area contributed by atoms with Gasteiger partial charge in [0.1, 0.15) is 11.6 Å². The van der Waals surface area contributed by atoms with Crippen LogP contribution in [0.5, 0.6) is 5.75 Å². The van der Waals surface area contributed by atoms with Gasteiger partial charge in [-0.25, -0.2) is 4.39 Å². The van der Waals surface area contributed by atoms with E-state index in [4.69, 9.17) is 27.9 Å². The molecule has 0 aliphatic carbocycles. The number of rotatable bonds is 4. The molecule has 8 heteroatoms. The van der Waals surface area contributed by atoms with Gasteiger partial charge >= 0.3 is 0 Å². The van der Waals surface area contributed by atoms with Crippen molar-refractivity contribution in [3.63, 3.8) is 0 Å². The summed E-state index contributed by atoms with van der Waals surface area (Å²) in [6.45, 7) is 2.09. The Hall–Kier alpha value is -1.89. The molecule has 0 atom stereocenters. The molecule has 3 aromatic rings. The van der Waals surface area contributed by atoms with Gasteiger partial charge in [0.15, 0.2) is 11.4 Å². The van der Waals surface area contributed by atoms with E-state index >= 15 is 0 Å². The summed E-state index contributed by atoms with van der Waals surface area (Å²) >= 11 is 13.1. The van der Waals surface area contributed by atoms with Gasteiger partial charge in [-0.1, -0.05) is 40.6 Å². The van der Waals surface area contributed by atoms with Crippen LogP contribution in [0.4, 0.5) is 4.39 Å². The Morgan fingerprint density at radius 1 is 1.32 bits per heavy atom. The summed E-state index contributed by atoms with van der Waals surface area (Å²) < 4.78 is 21.8. The molecule has 0 saturated heterocycles. The van der Waals surface area contributed by atoms with Crippen molar-refractivity contribution in [3.8, 4) is 5.75 Å². The fourth-order valence-corrected chi connectivity index (χ4v) is 3.92. The number of nitrogens with zero attached hydrogens (tertiary/aromatic N) is 2. The van der Waals surface area contributed by atoms with E-state index in [-0.39, 0.29) is 12.4 Å². The van der Waals surface area contributed by atoms with E-state index in [9.17, 15) is 9.18 Å². The molecule has 1 heterocycles. The molecule has 0 N–H and O–H groups in total. The molecule has 25 heavy (non-hydrogen) atoms. The zero-order chi connectivity index (χ0) is 18.0. The Morgan fingerprint density at radius 2 is 2.12 bits per heavy atom. The number of aromatic nitrogens is 1. The molecule has 1 amide bonds. The second kappa shape index (κ2) is 7.56. The number of fused-ring (bicyclic) bond motifs is 1. The fourth-order valence-electron chi connectivity index (χ4n) is 2.34. The molecule has 2 aromatic carbocycles. The Bertz CT molecular complexity index is 1010. The second-order valence-electron chi connectivity index (χ2n) is 5.08. The van der Waals surface area contributed by atoms with Crippen LogP contribution < -0.4 is 9.54 Å². The van der Waals surface area contributed by atoms with Gasteiger partial charge < -0.3 is 9.30 Å². The van der Waals surface area contributed by atoms with Crippen LogP contribution in [0.1, 0.15) is 6.92 Å². The number of carbonyl (C=O) groups excluding carboxylic acids is 1. The standard InChI is InChI=1S/C17H13Cl2FN2O2S/c1-2-22-16-12(20)4-3-5-14(16)25-17(22)21-15(23)9-24-13-7-6-10(18)8-11(13)19/h3-8H,2,9H2,1H3. The molecule has 1 aromatic heterocycles. The number of halogens is 3. The monoisotopic (exact) mass is 398 g/mol. The number of ether oxygens (including phenoxy) is 1. The van der Waals surface area contributed by atoms with Crippen LogP contribution >= 0.6 is 34.5 Å². The maximum absolute atomic E-state index is 14.0. The van der Waals surface area contributed by atoms with E-state index in [0.717, 1.165) is 4.70 Å². The molecule has 0 spiro atoms. The molecule has 0 unspecified atom stereocenters. The van der Waals surface area contributed by atoms with Crippen molar-refractivity contribution in [2.24, 2.45) is 4.99 Å². The maximum atomic E-state index is 14.0. The van der Waals surface area contributed by atoms with Gasteiger partial charge in [-0.2, -0.15) is 4.99 Å². The summed E-state index contributed by atoms with van der Waals surface area (Å²) in [5, 5.41) is 0.789. The largest absolute Gasteiger partial charge is 0.482 e. The minimum absolute atomic E-state index is 0.276. The number of benzene rings is 2. The lowest BCUT2D eigenvalue weighted by Gasteiger charge is -2.05. The third-order valence-electron chi connectivity index (χ3n) is 3.43. The highest BCUT2D eigenvalue weighted by Crippen LogP contribution is 2.27. The number of aryl methyl sites for hydroxylation is 1. The van der Waals surface area contributed by atoms with E-state index in [1.807, 2.05) is 6.92 Å². The minimum atomic E-state index is -0.486. The summed E-state index contributed by atoms with van der Waals surface area (Å²) in [6, 6.07) is 9.54. The van der Waals surface area contributed by atoms with E-state index in [1.165, 1.54) is 23.5 Å². The molecule has 130 valence electrons. The summed E-state index contributed by atoms with van der Waals surface area (Å²) in [5.74, 6) is -0.478.